The van der Waals surface area contributed by atoms with Crippen molar-refractivity contribution in [1.82, 2.24) is 0 Å². The van der Waals surface area contributed by atoms with Gasteiger partial charge in [-0.1, -0.05) is 0 Å². The van der Waals surface area contributed by atoms with Crippen LogP contribution in [0.15, 0.2) is 47.4 Å². The molecule has 0 aliphatic carbocycles. The Hall–Kier alpha value is -2.41. The first-order valence-electron chi connectivity index (χ1n) is 6.34. The van der Waals surface area contributed by atoms with Gasteiger partial charge in [-0.05, 0) is 30.3 Å². The molecule has 0 saturated carbocycles. The number of amides is 2. The van der Waals surface area contributed by atoms with E-state index in [-0.39, 0.29) is 5.69 Å². The molecule has 0 bridgehead atoms. The van der Waals surface area contributed by atoms with Crippen LogP contribution in [-0.4, -0.2) is 23.6 Å². The van der Waals surface area contributed by atoms with Crippen molar-refractivity contribution in [2.24, 2.45) is 0 Å². The lowest BCUT2D eigenvalue weighted by molar-refractivity contribution is 0.262. The molecule has 1 unspecified atom stereocenters. The van der Waals surface area contributed by atoms with Crippen LogP contribution in [-0.2, 0) is 10.8 Å². The number of hydrogen-bond donors (Lipinski definition) is 2. The van der Waals surface area contributed by atoms with Crippen LogP contribution < -0.4 is 15.4 Å². The standard InChI is InChI=1S/C15H15FN2O3S/c1-21-13-8-10(16)7-12(9-13)18-15(19)17-11-3-5-14(6-4-11)22(2)20/h3-9H,1-2H3,(H2,17,18,19). The van der Waals surface area contributed by atoms with Gasteiger partial charge in [0.2, 0.25) is 0 Å². The average Bonchev–Trinajstić information content (AvgIpc) is 2.46. The second-order valence-corrected chi connectivity index (χ2v) is 5.82. The van der Waals surface area contributed by atoms with Crippen LogP contribution in [0, 0.1) is 5.82 Å². The van der Waals surface area contributed by atoms with Gasteiger partial charge in [0, 0.05) is 45.5 Å². The minimum atomic E-state index is -1.07. The van der Waals surface area contributed by atoms with E-state index in [4.69, 9.17) is 4.74 Å². The van der Waals surface area contributed by atoms with E-state index in [1.54, 1.807) is 30.5 Å². The lowest BCUT2D eigenvalue weighted by atomic mass is 10.3. The van der Waals surface area contributed by atoms with Crippen molar-refractivity contribution in [3.8, 4) is 5.75 Å². The van der Waals surface area contributed by atoms with Gasteiger partial charge in [-0.15, -0.1) is 0 Å². The first-order valence-corrected chi connectivity index (χ1v) is 7.90. The largest absolute Gasteiger partial charge is 0.497 e. The normalized spacial score (nSPS) is 11.6. The molecule has 0 aromatic heterocycles. The first kappa shape index (κ1) is 16.0. The Labute approximate surface area is 129 Å². The van der Waals surface area contributed by atoms with Gasteiger partial charge in [0.05, 0.1) is 7.11 Å². The van der Waals surface area contributed by atoms with Crippen LogP contribution in [0.1, 0.15) is 0 Å². The SMILES string of the molecule is COc1cc(F)cc(NC(=O)Nc2ccc(S(C)=O)cc2)c1. The second kappa shape index (κ2) is 7.04. The summed E-state index contributed by atoms with van der Waals surface area (Å²) >= 11 is 0. The molecule has 22 heavy (non-hydrogen) atoms. The van der Waals surface area contributed by atoms with Crippen LogP contribution in [0.2, 0.25) is 0 Å². The highest BCUT2D eigenvalue weighted by Crippen LogP contribution is 2.20. The molecule has 2 N–H and O–H groups in total. The predicted molar refractivity (Wildman–Crippen MR) is 84.4 cm³/mol. The zero-order chi connectivity index (χ0) is 16.1. The van der Waals surface area contributed by atoms with E-state index in [2.05, 4.69) is 10.6 Å². The third kappa shape index (κ3) is 4.29. The van der Waals surface area contributed by atoms with Gasteiger partial charge in [-0.25, -0.2) is 9.18 Å². The summed E-state index contributed by atoms with van der Waals surface area (Å²) in [5.74, 6) is -0.200. The number of benzene rings is 2. The maximum Gasteiger partial charge on any atom is 0.323 e. The number of nitrogens with one attached hydrogen (secondary N) is 2. The molecule has 7 heteroatoms. The molecule has 0 aliphatic rings. The Kier molecular flexibility index (Phi) is 5.11. The minimum absolute atomic E-state index is 0.278. The van der Waals surface area contributed by atoms with Crippen molar-refractivity contribution in [3.05, 3.63) is 48.3 Å². The van der Waals surface area contributed by atoms with Crippen LogP contribution >= 0.6 is 0 Å². The van der Waals surface area contributed by atoms with E-state index in [1.807, 2.05) is 0 Å². The fourth-order valence-corrected chi connectivity index (χ4v) is 2.30. The zero-order valence-corrected chi connectivity index (χ0v) is 12.9. The molecule has 0 heterocycles. The summed E-state index contributed by atoms with van der Waals surface area (Å²) in [4.78, 5) is 12.5. The van der Waals surface area contributed by atoms with E-state index in [9.17, 15) is 13.4 Å². The van der Waals surface area contributed by atoms with E-state index in [0.717, 1.165) is 0 Å². The maximum atomic E-state index is 13.3. The number of rotatable bonds is 4. The van der Waals surface area contributed by atoms with Crippen LogP contribution in [0.5, 0.6) is 5.75 Å². The highest BCUT2D eigenvalue weighted by Gasteiger charge is 2.06. The molecule has 1 atom stereocenters. The van der Waals surface area contributed by atoms with Crippen molar-refractivity contribution in [1.29, 1.82) is 0 Å². The van der Waals surface area contributed by atoms with Gasteiger partial charge in [0.15, 0.2) is 0 Å². The van der Waals surface area contributed by atoms with Gasteiger partial charge >= 0.3 is 6.03 Å². The molecule has 0 aliphatic heterocycles. The van der Waals surface area contributed by atoms with Crippen molar-refractivity contribution in [2.75, 3.05) is 24.0 Å². The van der Waals surface area contributed by atoms with Gasteiger partial charge in [-0.3, -0.25) is 4.21 Å². The molecule has 2 amide bonds. The molecule has 2 aromatic rings. The number of anilines is 2. The molecular formula is C15H15FN2O3S. The molecule has 116 valence electrons. The summed E-state index contributed by atoms with van der Waals surface area (Å²) in [6.07, 6.45) is 1.58. The molecule has 5 nitrogen and oxygen atoms in total. The number of hydrogen-bond acceptors (Lipinski definition) is 3. The van der Waals surface area contributed by atoms with Crippen LogP contribution in [0.25, 0.3) is 0 Å². The van der Waals surface area contributed by atoms with Gasteiger partial charge in [0.1, 0.15) is 11.6 Å². The predicted octanol–water partition coefficient (Wildman–Crippen LogP) is 3.22. The summed E-state index contributed by atoms with van der Waals surface area (Å²) in [7, 11) is 0.343. The highest BCUT2D eigenvalue weighted by atomic mass is 32.2. The fraction of sp³-hybridized carbons (Fsp3) is 0.133. The smallest absolute Gasteiger partial charge is 0.323 e. The number of carbonyl (C=O) groups is 1. The Bertz CT molecular complexity index is 704. The quantitative estimate of drug-likeness (QED) is 0.908. The third-order valence-electron chi connectivity index (χ3n) is 2.81. The second-order valence-electron chi connectivity index (χ2n) is 4.44. The summed E-state index contributed by atoms with van der Waals surface area (Å²) in [5.41, 5.74) is 0.815. The molecular weight excluding hydrogens is 307 g/mol. The third-order valence-corrected chi connectivity index (χ3v) is 3.75. The lowest BCUT2D eigenvalue weighted by Crippen LogP contribution is -2.19. The Morgan fingerprint density at radius 3 is 2.32 bits per heavy atom. The molecule has 0 spiro atoms. The maximum absolute atomic E-state index is 13.3. The van der Waals surface area contributed by atoms with Crippen molar-refractivity contribution in [3.63, 3.8) is 0 Å². The van der Waals surface area contributed by atoms with E-state index >= 15 is 0 Å². The zero-order valence-electron chi connectivity index (χ0n) is 12.1. The Balaban J connectivity index is 2.03. The highest BCUT2D eigenvalue weighted by molar-refractivity contribution is 7.84. The van der Waals surface area contributed by atoms with Crippen LogP contribution in [0.3, 0.4) is 0 Å². The minimum Gasteiger partial charge on any atom is -0.497 e. The summed E-state index contributed by atoms with van der Waals surface area (Å²) in [6.45, 7) is 0. The Morgan fingerprint density at radius 1 is 1.09 bits per heavy atom. The molecule has 0 saturated heterocycles. The molecule has 2 aromatic carbocycles. The van der Waals surface area contributed by atoms with E-state index in [1.165, 1.54) is 25.3 Å². The number of methoxy groups -OCH3 is 1. The van der Waals surface area contributed by atoms with Gasteiger partial charge in [0.25, 0.3) is 0 Å². The van der Waals surface area contributed by atoms with Crippen LogP contribution in [0.4, 0.5) is 20.6 Å². The van der Waals surface area contributed by atoms with E-state index < -0.39 is 22.6 Å². The lowest BCUT2D eigenvalue weighted by Gasteiger charge is -2.09. The number of urea groups is 1. The summed E-state index contributed by atoms with van der Waals surface area (Å²) in [5, 5.41) is 5.11. The first-order chi connectivity index (χ1) is 10.5. The van der Waals surface area contributed by atoms with Crippen molar-refractivity contribution >= 4 is 28.2 Å². The monoisotopic (exact) mass is 322 g/mol. The number of carbonyl (C=O) groups excluding carboxylic acids is 1. The van der Waals surface area contributed by atoms with E-state index in [0.29, 0.717) is 16.3 Å². The average molecular weight is 322 g/mol. The topological polar surface area (TPSA) is 67.4 Å². The van der Waals surface area contributed by atoms with Crippen molar-refractivity contribution < 1.29 is 18.1 Å². The van der Waals surface area contributed by atoms with Crippen molar-refractivity contribution in [2.45, 2.75) is 4.90 Å². The number of halogens is 1. The fourth-order valence-electron chi connectivity index (χ4n) is 1.78. The number of ether oxygens (including phenoxy) is 1. The van der Waals surface area contributed by atoms with Gasteiger partial charge < -0.3 is 15.4 Å². The molecule has 0 radical (unpaired) electrons. The van der Waals surface area contributed by atoms with Gasteiger partial charge in [-0.2, -0.15) is 0 Å². The molecule has 0 fully saturated rings. The molecule has 2 rings (SSSR count). The summed E-state index contributed by atoms with van der Waals surface area (Å²) in [6, 6.07) is 10.0. The summed E-state index contributed by atoms with van der Waals surface area (Å²) < 4.78 is 29.5. The Morgan fingerprint density at radius 2 is 1.73 bits per heavy atom.